The molecule has 0 aliphatic carbocycles. The molecule has 0 radical (unpaired) electrons. The first kappa shape index (κ1) is 23.0. The molecule has 2 N–H and O–H groups in total. The molecule has 1 atom stereocenters. The number of methoxy groups -OCH3 is 2. The van der Waals surface area contributed by atoms with Gasteiger partial charge in [-0.15, -0.1) is 5.10 Å². The third-order valence-electron chi connectivity index (χ3n) is 5.99. The highest BCUT2D eigenvalue weighted by atomic mass is 16.5. The number of nitrogens with two attached hydrogens (primary N) is 1. The highest BCUT2D eigenvalue weighted by molar-refractivity contribution is 5.76. The van der Waals surface area contributed by atoms with Gasteiger partial charge >= 0.3 is 0 Å². The maximum Gasteiger partial charge on any atom is 0.220 e. The van der Waals surface area contributed by atoms with Crippen molar-refractivity contribution in [3.05, 3.63) is 29.6 Å². The van der Waals surface area contributed by atoms with E-state index < -0.39 is 0 Å². The van der Waals surface area contributed by atoms with E-state index in [0.717, 1.165) is 50.2 Å². The average Bonchev–Trinajstić information content (AvgIpc) is 3.24. The Bertz CT molecular complexity index is 861. The number of carbonyl (C=O) groups excluding carboxylic acids is 1. The lowest BCUT2D eigenvalue weighted by molar-refractivity contribution is -0.123. The van der Waals surface area contributed by atoms with Crippen LogP contribution in [-0.2, 0) is 17.8 Å². The molecule has 0 spiro atoms. The molecule has 2 heterocycles. The summed E-state index contributed by atoms with van der Waals surface area (Å²) in [6.45, 7) is 6.74. The second-order valence-corrected chi connectivity index (χ2v) is 8.56. The average molecular weight is 431 g/mol. The minimum atomic E-state index is -0.195. The lowest BCUT2D eigenvalue weighted by atomic mass is 9.93. The second kappa shape index (κ2) is 10.6. The fraction of sp³-hybridized carbons (Fsp3) is 0.636. The van der Waals surface area contributed by atoms with E-state index in [1.165, 1.54) is 0 Å². The van der Waals surface area contributed by atoms with Crippen molar-refractivity contribution in [1.29, 1.82) is 0 Å². The zero-order valence-corrected chi connectivity index (χ0v) is 19.0. The quantitative estimate of drug-likeness (QED) is 0.615. The Morgan fingerprint density at radius 3 is 2.52 bits per heavy atom. The van der Waals surface area contributed by atoms with Crippen LogP contribution in [0.1, 0.15) is 50.5 Å². The molecule has 1 aromatic heterocycles. The van der Waals surface area contributed by atoms with E-state index in [9.17, 15) is 4.79 Å². The molecular weight excluding hydrogens is 396 g/mol. The monoisotopic (exact) mass is 430 g/mol. The van der Waals surface area contributed by atoms with Gasteiger partial charge in [0.25, 0.3) is 0 Å². The van der Waals surface area contributed by atoms with Crippen LogP contribution in [0.25, 0.3) is 0 Å². The van der Waals surface area contributed by atoms with E-state index in [1.54, 1.807) is 14.2 Å². The summed E-state index contributed by atoms with van der Waals surface area (Å²) in [6.07, 6.45) is 3.31. The number of aromatic nitrogens is 4. The molecule has 31 heavy (non-hydrogen) atoms. The molecule has 9 nitrogen and oxygen atoms in total. The molecule has 1 aliphatic rings. The predicted octanol–water partition coefficient (Wildman–Crippen LogP) is 2.22. The van der Waals surface area contributed by atoms with E-state index in [4.69, 9.17) is 15.2 Å². The fourth-order valence-electron chi connectivity index (χ4n) is 4.24. The van der Waals surface area contributed by atoms with Gasteiger partial charge in [-0.05, 0) is 72.8 Å². The van der Waals surface area contributed by atoms with Crippen molar-refractivity contribution < 1.29 is 14.3 Å². The summed E-state index contributed by atoms with van der Waals surface area (Å²) in [5, 5.41) is 12.6. The Hall–Kier alpha value is -2.68. The molecule has 0 saturated carbocycles. The maximum atomic E-state index is 11.5. The van der Waals surface area contributed by atoms with Crippen LogP contribution in [0.3, 0.4) is 0 Å². The van der Waals surface area contributed by atoms with Crippen molar-refractivity contribution in [2.24, 2.45) is 17.6 Å². The topological polar surface area (TPSA) is 108 Å². The zero-order valence-electron chi connectivity index (χ0n) is 19.0. The van der Waals surface area contributed by atoms with Crippen LogP contribution >= 0.6 is 0 Å². The number of hydrogen-bond acceptors (Lipinski definition) is 7. The van der Waals surface area contributed by atoms with Crippen LogP contribution < -0.4 is 15.2 Å². The highest BCUT2D eigenvalue weighted by Crippen LogP contribution is 2.31. The number of aryl methyl sites for hydroxylation is 2. The van der Waals surface area contributed by atoms with E-state index in [1.807, 2.05) is 22.9 Å². The lowest BCUT2D eigenvalue weighted by Crippen LogP contribution is -2.41. The molecule has 1 saturated heterocycles. The Kier molecular flexibility index (Phi) is 7.84. The van der Waals surface area contributed by atoms with Crippen molar-refractivity contribution in [1.82, 2.24) is 25.1 Å². The van der Waals surface area contributed by atoms with Crippen molar-refractivity contribution in [2.45, 2.75) is 52.1 Å². The number of likely N-dealkylation sites (tertiary alicyclic amines) is 1. The van der Waals surface area contributed by atoms with Gasteiger partial charge in [0, 0.05) is 12.5 Å². The van der Waals surface area contributed by atoms with Gasteiger partial charge in [0.1, 0.15) is 0 Å². The first-order chi connectivity index (χ1) is 14.9. The van der Waals surface area contributed by atoms with Crippen molar-refractivity contribution in [2.75, 3.05) is 27.3 Å². The molecular formula is C22H34N6O3. The van der Waals surface area contributed by atoms with Crippen LogP contribution in [0.5, 0.6) is 11.5 Å². The number of hydrogen-bond donors (Lipinski definition) is 1. The number of carbonyl (C=O) groups is 1. The van der Waals surface area contributed by atoms with Gasteiger partial charge in [0.05, 0.1) is 20.3 Å². The molecule has 1 amide bonds. The lowest BCUT2D eigenvalue weighted by Gasteiger charge is -2.36. The number of ether oxygens (including phenoxy) is 2. The minimum Gasteiger partial charge on any atom is -0.493 e. The number of primary amides is 1. The van der Waals surface area contributed by atoms with Crippen LogP contribution in [0.2, 0.25) is 0 Å². The normalized spacial score (nSPS) is 16.4. The number of piperidine rings is 1. The number of tetrazole rings is 1. The maximum absolute atomic E-state index is 11.5. The van der Waals surface area contributed by atoms with E-state index >= 15 is 0 Å². The van der Waals surface area contributed by atoms with Gasteiger partial charge in [0.2, 0.25) is 5.91 Å². The third-order valence-corrected chi connectivity index (χ3v) is 5.99. The van der Waals surface area contributed by atoms with Crippen molar-refractivity contribution in [3.8, 4) is 11.5 Å². The molecule has 1 fully saturated rings. The summed E-state index contributed by atoms with van der Waals surface area (Å²) in [6, 6.07) is 6.06. The Morgan fingerprint density at radius 2 is 1.90 bits per heavy atom. The predicted molar refractivity (Wildman–Crippen MR) is 117 cm³/mol. The summed E-state index contributed by atoms with van der Waals surface area (Å²) in [7, 11) is 3.27. The third kappa shape index (κ3) is 5.72. The summed E-state index contributed by atoms with van der Waals surface area (Å²) in [5.41, 5.74) is 6.64. The summed E-state index contributed by atoms with van der Waals surface area (Å²) < 4.78 is 12.6. The van der Waals surface area contributed by atoms with Crippen LogP contribution in [0.4, 0.5) is 0 Å². The molecule has 0 unspecified atom stereocenters. The standard InChI is InChI=1S/C22H34N6O3/c1-15(2)13-18(27-10-8-17(9-11-27)21(23)29)22-24-25-26-28(22)12-7-16-5-6-19(30-3)20(14-16)31-4/h5-6,14-15,17-18H,7-13H2,1-4H3,(H2,23,29)/t18-/m0/s1. The van der Waals surface area contributed by atoms with E-state index in [2.05, 4.69) is 34.3 Å². The molecule has 3 rings (SSSR count). The summed E-state index contributed by atoms with van der Waals surface area (Å²) >= 11 is 0. The Morgan fingerprint density at radius 1 is 1.19 bits per heavy atom. The number of amides is 1. The zero-order chi connectivity index (χ0) is 22.4. The van der Waals surface area contributed by atoms with Gasteiger partial charge in [-0.1, -0.05) is 19.9 Å². The first-order valence-corrected chi connectivity index (χ1v) is 10.9. The van der Waals surface area contributed by atoms with E-state index in [0.29, 0.717) is 24.0 Å². The fourth-order valence-corrected chi connectivity index (χ4v) is 4.24. The smallest absolute Gasteiger partial charge is 0.220 e. The summed E-state index contributed by atoms with van der Waals surface area (Å²) in [5.74, 6) is 2.58. The molecule has 2 aromatic rings. The number of rotatable bonds is 10. The largest absolute Gasteiger partial charge is 0.493 e. The Balaban J connectivity index is 1.73. The van der Waals surface area contributed by atoms with Crippen LogP contribution in [0.15, 0.2) is 18.2 Å². The van der Waals surface area contributed by atoms with Gasteiger partial charge in [-0.2, -0.15) is 0 Å². The van der Waals surface area contributed by atoms with Gasteiger partial charge < -0.3 is 15.2 Å². The minimum absolute atomic E-state index is 0.0306. The van der Waals surface area contributed by atoms with Crippen molar-refractivity contribution >= 4 is 5.91 Å². The number of benzene rings is 1. The molecule has 0 bridgehead atoms. The number of nitrogens with zero attached hydrogens (tertiary/aromatic N) is 5. The summed E-state index contributed by atoms with van der Waals surface area (Å²) in [4.78, 5) is 13.9. The van der Waals surface area contributed by atoms with Crippen molar-refractivity contribution in [3.63, 3.8) is 0 Å². The highest BCUT2D eigenvalue weighted by Gasteiger charge is 2.31. The molecule has 1 aliphatic heterocycles. The SMILES string of the molecule is COc1ccc(CCn2nnnc2[C@H](CC(C)C)N2CCC(C(N)=O)CC2)cc1OC. The molecule has 9 heteroatoms. The first-order valence-electron chi connectivity index (χ1n) is 10.9. The van der Waals surface area contributed by atoms with E-state index in [-0.39, 0.29) is 17.9 Å². The van der Waals surface area contributed by atoms with Gasteiger partial charge in [-0.25, -0.2) is 4.68 Å². The van der Waals surface area contributed by atoms with Gasteiger partial charge in [0.15, 0.2) is 17.3 Å². The molecule has 170 valence electrons. The van der Waals surface area contributed by atoms with Crippen LogP contribution in [0, 0.1) is 11.8 Å². The van der Waals surface area contributed by atoms with Crippen LogP contribution in [-0.4, -0.2) is 58.3 Å². The Labute approximate surface area is 183 Å². The second-order valence-electron chi connectivity index (χ2n) is 8.56. The molecule has 1 aromatic carbocycles. The van der Waals surface area contributed by atoms with Gasteiger partial charge in [-0.3, -0.25) is 9.69 Å².